The number of aromatic nitrogens is 1. The van der Waals surface area contributed by atoms with Gasteiger partial charge in [0.1, 0.15) is 4.88 Å². The Labute approximate surface area is 147 Å². The van der Waals surface area contributed by atoms with Crippen LogP contribution in [-0.4, -0.2) is 24.0 Å². The first kappa shape index (κ1) is 17.1. The molecule has 1 aromatic carbocycles. The summed E-state index contributed by atoms with van der Waals surface area (Å²) >= 11 is 1.50. The molecule has 0 fully saturated rings. The summed E-state index contributed by atoms with van der Waals surface area (Å²) in [7, 11) is 0. The zero-order valence-electron chi connectivity index (χ0n) is 14.8. The van der Waals surface area contributed by atoms with Gasteiger partial charge in [0.2, 0.25) is 0 Å². The Morgan fingerprint density at radius 2 is 2.12 bits per heavy atom. The van der Waals surface area contributed by atoms with E-state index in [1.54, 1.807) is 0 Å². The lowest BCUT2D eigenvalue weighted by atomic mass is 9.94. The molecular weight excluding hydrogens is 318 g/mol. The Morgan fingerprint density at radius 3 is 2.83 bits per heavy atom. The normalized spacial score (nSPS) is 17.4. The minimum atomic E-state index is -0.0299. The van der Waals surface area contributed by atoms with Crippen molar-refractivity contribution in [3.63, 3.8) is 0 Å². The lowest BCUT2D eigenvalue weighted by molar-refractivity contribution is 0.0952. The summed E-state index contributed by atoms with van der Waals surface area (Å²) in [6.07, 6.45) is 1.05. The number of amides is 1. The number of aryl methyl sites for hydroxylation is 1. The predicted octanol–water partition coefficient (Wildman–Crippen LogP) is 3.37. The molecule has 3 rings (SSSR count). The van der Waals surface area contributed by atoms with E-state index in [1.165, 1.54) is 22.5 Å². The van der Waals surface area contributed by atoms with Crippen LogP contribution in [0.1, 0.15) is 58.3 Å². The fraction of sp³-hybridized carbons (Fsp3) is 0.474. The quantitative estimate of drug-likeness (QED) is 0.898. The number of carbonyl (C=O) groups is 1. The molecule has 4 nitrogen and oxygen atoms in total. The molecule has 0 aliphatic carbocycles. The van der Waals surface area contributed by atoms with Gasteiger partial charge in [0.25, 0.3) is 5.91 Å². The third-order valence-electron chi connectivity index (χ3n) is 4.33. The molecule has 0 saturated carbocycles. The second-order valence-electron chi connectivity index (χ2n) is 7.35. The van der Waals surface area contributed by atoms with Crippen LogP contribution in [-0.2, 0) is 11.8 Å². The second kappa shape index (κ2) is 6.65. The van der Waals surface area contributed by atoms with Gasteiger partial charge in [-0.2, -0.15) is 0 Å². The van der Waals surface area contributed by atoms with Gasteiger partial charge >= 0.3 is 0 Å². The SMILES string of the molecule is Cc1nc(C(C)(C)C)sc1C(=O)NCC1NCCc2ccccc21. The van der Waals surface area contributed by atoms with Crippen molar-refractivity contribution in [2.75, 3.05) is 13.1 Å². The van der Waals surface area contributed by atoms with E-state index in [2.05, 4.69) is 60.7 Å². The van der Waals surface area contributed by atoms with E-state index < -0.39 is 0 Å². The molecule has 1 aliphatic rings. The highest BCUT2D eigenvalue weighted by Crippen LogP contribution is 2.29. The Bertz CT molecular complexity index is 745. The average molecular weight is 343 g/mol. The molecule has 2 heterocycles. The highest BCUT2D eigenvalue weighted by Gasteiger charge is 2.24. The Kier molecular flexibility index (Phi) is 4.74. The van der Waals surface area contributed by atoms with Crippen molar-refractivity contribution in [3.8, 4) is 0 Å². The minimum Gasteiger partial charge on any atom is -0.349 e. The van der Waals surface area contributed by atoms with Gasteiger partial charge in [-0.25, -0.2) is 4.98 Å². The van der Waals surface area contributed by atoms with Gasteiger partial charge in [0.05, 0.1) is 10.7 Å². The van der Waals surface area contributed by atoms with Gasteiger partial charge in [0, 0.05) is 18.0 Å². The van der Waals surface area contributed by atoms with Crippen LogP contribution in [0.25, 0.3) is 0 Å². The maximum Gasteiger partial charge on any atom is 0.263 e. The summed E-state index contributed by atoms with van der Waals surface area (Å²) in [5, 5.41) is 7.59. The number of rotatable bonds is 3. The molecule has 0 saturated heterocycles. The number of hydrogen-bond acceptors (Lipinski definition) is 4. The van der Waals surface area contributed by atoms with E-state index in [0.29, 0.717) is 6.54 Å². The maximum absolute atomic E-state index is 12.6. The van der Waals surface area contributed by atoms with Gasteiger partial charge < -0.3 is 10.6 Å². The van der Waals surface area contributed by atoms with Crippen LogP contribution >= 0.6 is 11.3 Å². The van der Waals surface area contributed by atoms with Crippen LogP contribution in [0, 0.1) is 6.92 Å². The van der Waals surface area contributed by atoms with Crippen LogP contribution in [0.3, 0.4) is 0 Å². The Balaban J connectivity index is 1.70. The van der Waals surface area contributed by atoms with E-state index in [1.807, 2.05) is 6.92 Å². The van der Waals surface area contributed by atoms with Gasteiger partial charge in [0.15, 0.2) is 0 Å². The number of nitrogens with one attached hydrogen (secondary N) is 2. The lowest BCUT2D eigenvalue weighted by Gasteiger charge is -2.27. The van der Waals surface area contributed by atoms with Crippen LogP contribution in [0.15, 0.2) is 24.3 Å². The number of thiazole rings is 1. The van der Waals surface area contributed by atoms with Crippen molar-refractivity contribution in [3.05, 3.63) is 51.0 Å². The molecule has 1 aliphatic heterocycles. The topological polar surface area (TPSA) is 54.0 Å². The average Bonchev–Trinajstić information content (AvgIpc) is 2.95. The van der Waals surface area contributed by atoms with Crippen molar-refractivity contribution >= 4 is 17.2 Å². The molecule has 5 heteroatoms. The Hall–Kier alpha value is -1.72. The van der Waals surface area contributed by atoms with Crippen LogP contribution in [0.5, 0.6) is 0 Å². The maximum atomic E-state index is 12.6. The van der Waals surface area contributed by atoms with E-state index in [4.69, 9.17) is 0 Å². The van der Waals surface area contributed by atoms with Gasteiger partial charge in [-0.3, -0.25) is 4.79 Å². The molecule has 1 aromatic heterocycles. The molecule has 1 amide bonds. The highest BCUT2D eigenvalue weighted by atomic mass is 32.1. The van der Waals surface area contributed by atoms with Crippen LogP contribution < -0.4 is 10.6 Å². The fourth-order valence-electron chi connectivity index (χ4n) is 2.98. The van der Waals surface area contributed by atoms with Crippen molar-refractivity contribution in [2.24, 2.45) is 0 Å². The minimum absolute atomic E-state index is 0.0228. The van der Waals surface area contributed by atoms with E-state index >= 15 is 0 Å². The molecule has 1 unspecified atom stereocenters. The summed E-state index contributed by atoms with van der Waals surface area (Å²) in [6, 6.07) is 8.63. The van der Waals surface area contributed by atoms with E-state index in [0.717, 1.165) is 28.5 Å². The molecule has 2 N–H and O–H groups in total. The summed E-state index contributed by atoms with van der Waals surface area (Å²) in [4.78, 5) is 17.9. The summed E-state index contributed by atoms with van der Waals surface area (Å²) in [6.45, 7) is 9.82. The molecule has 2 aromatic rings. The monoisotopic (exact) mass is 343 g/mol. The summed E-state index contributed by atoms with van der Waals surface area (Å²) in [5.41, 5.74) is 3.46. The molecule has 0 spiro atoms. The molecule has 0 radical (unpaired) electrons. The van der Waals surface area contributed by atoms with Crippen molar-refractivity contribution in [1.29, 1.82) is 0 Å². The van der Waals surface area contributed by atoms with Crippen LogP contribution in [0.2, 0.25) is 0 Å². The summed E-state index contributed by atoms with van der Waals surface area (Å²) in [5.74, 6) is -0.0228. The zero-order chi connectivity index (χ0) is 17.3. The van der Waals surface area contributed by atoms with Crippen molar-refractivity contribution in [2.45, 2.75) is 45.6 Å². The smallest absolute Gasteiger partial charge is 0.263 e. The molecule has 24 heavy (non-hydrogen) atoms. The lowest BCUT2D eigenvalue weighted by Crippen LogP contribution is -2.38. The number of hydrogen-bond donors (Lipinski definition) is 2. The largest absolute Gasteiger partial charge is 0.349 e. The molecular formula is C19H25N3OS. The number of benzene rings is 1. The second-order valence-corrected chi connectivity index (χ2v) is 8.35. The highest BCUT2D eigenvalue weighted by molar-refractivity contribution is 7.14. The van der Waals surface area contributed by atoms with Crippen molar-refractivity contribution < 1.29 is 4.79 Å². The molecule has 1 atom stereocenters. The van der Waals surface area contributed by atoms with Gasteiger partial charge in [-0.15, -0.1) is 11.3 Å². The van der Waals surface area contributed by atoms with Gasteiger partial charge in [-0.05, 0) is 31.0 Å². The fourth-order valence-corrected chi connectivity index (χ4v) is 4.02. The first-order valence-corrected chi connectivity index (χ1v) is 9.25. The van der Waals surface area contributed by atoms with E-state index in [-0.39, 0.29) is 17.4 Å². The molecule has 0 bridgehead atoms. The first-order valence-electron chi connectivity index (χ1n) is 8.43. The van der Waals surface area contributed by atoms with E-state index in [9.17, 15) is 4.79 Å². The van der Waals surface area contributed by atoms with Crippen molar-refractivity contribution in [1.82, 2.24) is 15.6 Å². The van der Waals surface area contributed by atoms with Crippen LogP contribution in [0.4, 0.5) is 0 Å². The number of nitrogens with zero attached hydrogens (tertiary/aromatic N) is 1. The third-order valence-corrected chi connectivity index (χ3v) is 5.91. The zero-order valence-corrected chi connectivity index (χ0v) is 15.6. The first-order chi connectivity index (χ1) is 11.4. The standard InChI is InChI=1S/C19H25N3OS/c1-12-16(24-18(22-12)19(2,3)4)17(23)21-11-15-14-8-6-5-7-13(14)9-10-20-15/h5-8,15,20H,9-11H2,1-4H3,(H,21,23). The number of carbonyl (C=O) groups excluding carboxylic acids is 1. The van der Waals surface area contributed by atoms with Gasteiger partial charge in [-0.1, -0.05) is 45.0 Å². The molecule has 128 valence electrons. The Morgan fingerprint density at radius 1 is 1.38 bits per heavy atom. The predicted molar refractivity (Wildman–Crippen MR) is 98.8 cm³/mol. The summed E-state index contributed by atoms with van der Waals surface area (Å²) < 4.78 is 0. The number of fused-ring (bicyclic) bond motifs is 1. The third kappa shape index (κ3) is 3.52.